The maximum absolute atomic E-state index is 14.9. The molecule has 97 heavy (non-hydrogen) atoms. The van der Waals surface area contributed by atoms with E-state index >= 15 is 0 Å². The van der Waals surface area contributed by atoms with Crippen molar-refractivity contribution in [1.82, 2.24) is 0 Å². The molecule has 0 bridgehead atoms. The second-order valence-electron chi connectivity index (χ2n) is 24.8. The highest BCUT2D eigenvalue weighted by Crippen LogP contribution is 2.37. The molecule has 1 atom stereocenters. The molecule has 0 heterocycles. The summed E-state index contributed by atoms with van der Waals surface area (Å²) in [6.07, 6.45) is -1.64. The first-order valence-corrected chi connectivity index (χ1v) is 31.1. The zero-order chi connectivity index (χ0) is 69.5. The first kappa shape index (κ1) is 68.3. The van der Waals surface area contributed by atoms with Crippen LogP contribution in [-0.4, -0.2) is 47.0 Å². The number of esters is 7. The molecule has 0 spiro atoms. The zero-order valence-corrected chi connectivity index (χ0v) is 55.7. The van der Waals surface area contributed by atoms with E-state index in [4.69, 9.17) is 38.0 Å². The zero-order valence-electron chi connectivity index (χ0n) is 55.7. The molecule has 0 amide bonds. The Bertz CT molecular complexity index is 4450. The largest absolute Gasteiger partial charge is 0.423 e. The molecule has 1 unspecified atom stereocenters. The monoisotopic (exact) mass is 1300 g/mol. The smallest absolute Gasteiger partial charge is 0.343 e. The fraction of sp³-hybridized carbons (Fsp3) is 0.173. The summed E-state index contributed by atoms with van der Waals surface area (Å²) in [6.45, 7) is 22.1. The molecule has 490 valence electrons. The minimum Gasteiger partial charge on any atom is -0.423 e. The van der Waals surface area contributed by atoms with Crippen molar-refractivity contribution in [3.8, 4) is 40.2 Å². The highest BCUT2D eigenvalue weighted by Gasteiger charge is 2.26. The van der Waals surface area contributed by atoms with Gasteiger partial charge in [0.25, 0.3) is 0 Å². The number of carbonyl (C=O) groups is 7. The van der Waals surface area contributed by atoms with E-state index in [1.165, 1.54) is 54.6 Å². The summed E-state index contributed by atoms with van der Waals surface area (Å²) in [5.41, 5.74) is 11.8. The fourth-order valence-corrected chi connectivity index (χ4v) is 11.8. The van der Waals surface area contributed by atoms with Gasteiger partial charge >= 0.3 is 41.8 Å². The summed E-state index contributed by atoms with van der Waals surface area (Å²) in [6, 6.07) is 48.4. The SMILES string of the molecule is Cc1cc(C)cc(C(=O)Oc2cc(Cc3cc(OC(=O)c4cc(OC(=O)c5cc(C)cc(C)c5)cc(OC(=O)c5cc(C)cc(C)c5)c4)cc(C(OO)c4cc(OC(=O)c5cc(C)cc(C)c5)cc(OC(=O)c5cc(C)cc(C)c5)c4)c3)cc(OC(=O)c3cc(C)cc(C)c3)c2)c1. The van der Waals surface area contributed by atoms with Crippen molar-refractivity contribution in [1.29, 1.82) is 0 Å². The lowest BCUT2D eigenvalue weighted by molar-refractivity contribution is -0.270. The molecular weight excluding hydrogens is 1230 g/mol. The van der Waals surface area contributed by atoms with E-state index in [1.807, 2.05) is 119 Å². The Balaban J connectivity index is 1.10. The van der Waals surface area contributed by atoms with E-state index in [0.29, 0.717) is 11.1 Å². The van der Waals surface area contributed by atoms with Crippen molar-refractivity contribution >= 4 is 41.8 Å². The van der Waals surface area contributed by atoms with Gasteiger partial charge in [0.1, 0.15) is 46.4 Å². The molecule has 10 aromatic rings. The Morgan fingerprint density at radius 3 is 0.639 bits per heavy atom. The maximum Gasteiger partial charge on any atom is 0.343 e. The quantitative estimate of drug-likeness (QED) is 0.0345. The number of carbonyl (C=O) groups excluding carboxylic acids is 7. The number of hydrogen-bond acceptors (Lipinski definition) is 16. The van der Waals surface area contributed by atoms with E-state index in [9.17, 15) is 38.8 Å². The first-order chi connectivity index (χ1) is 46.1. The Morgan fingerprint density at radius 1 is 0.237 bits per heavy atom. The molecule has 0 saturated carbocycles. The third-order valence-electron chi connectivity index (χ3n) is 15.3. The van der Waals surface area contributed by atoms with Gasteiger partial charge in [0.15, 0.2) is 0 Å². The summed E-state index contributed by atoms with van der Waals surface area (Å²) in [4.78, 5) is 104. The highest BCUT2D eigenvalue weighted by atomic mass is 17.1. The Labute approximate surface area is 561 Å². The topological polar surface area (TPSA) is 214 Å². The fourth-order valence-electron chi connectivity index (χ4n) is 11.8. The molecule has 0 aliphatic heterocycles. The van der Waals surface area contributed by atoms with Crippen molar-refractivity contribution in [2.45, 2.75) is 95.6 Å². The predicted molar refractivity (Wildman–Crippen MR) is 364 cm³/mol. The van der Waals surface area contributed by atoms with E-state index in [2.05, 4.69) is 0 Å². The summed E-state index contributed by atoms with van der Waals surface area (Å²) in [5.74, 6) is -6.19. The van der Waals surface area contributed by atoms with Gasteiger partial charge < -0.3 is 33.2 Å². The number of benzene rings is 10. The highest BCUT2D eigenvalue weighted by molar-refractivity contribution is 5.97. The van der Waals surface area contributed by atoms with Gasteiger partial charge in [-0.3, -0.25) is 5.26 Å². The van der Waals surface area contributed by atoms with Crippen LogP contribution in [0.5, 0.6) is 40.2 Å². The molecule has 10 rings (SSSR count). The average Bonchev–Trinajstić information content (AvgIpc) is 0.813. The van der Waals surface area contributed by atoms with Gasteiger partial charge in [-0.2, -0.15) is 0 Å². The number of ether oxygens (including phenoxy) is 7. The summed E-state index contributed by atoms with van der Waals surface area (Å²) in [7, 11) is 0. The molecule has 16 heteroatoms. The van der Waals surface area contributed by atoms with Gasteiger partial charge in [0.05, 0.1) is 38.9 Å². The van der Waals surface area contributed by atoms with Crippen molar-refractivity contribution in [3.05, 3.63) is 310 Å². The van der Waals surface area contributed by atoms with Gasteiger partial charge in [0.2, 0.25) is 0 Å². The molecule has 0 fully saturated rings. The van der Waals surface area contributed by atoms with Crippen LogP contribution >= 0.6 is 0 Å². The first-order valence-electron chi connectivity index (χ1n) is 31.1. The van der Waals surface area contributed by atoms with Gasteiger partial charge in [0, 0.05) is 18.2 Å². The van der Waals surface area contributed by atoms with Crippen LogP contribution in [0, 0.1) is 83.1 Å². The van der Waals surface area contributed by atoms with E-state index < -0.39 is 47.9 Å². The van der Waals surface area contributed by atoms with E-state index in [-0.39, 0.29) is 96.7 Å². The van der Waals surface area contributed by atoms with Gasteiger partial charge in [-0.05, 0) is 233 Å². The molecule has 0 aliphatic carbocycles. The van der Waals surface area contributed by atoms with Crippen LogP contribution in [-0.2, 0) is 11.3 Å². The van der Waals surface area contributed by atoms with Gasteiger partial charge in [-0.15, -0.1) is 0 Å². The minimum absolute atomic E-state index is 0.00602. The Kier molecular flexibility index (Phi) is 20.7. The number of rotatable bonds is 19. The van der Waals surface area contributed by atoms with Crippen LogP contribution in [0.4, 0.5) is 0 Å². The van der Waals surface area contributed by atoms with Crippen LogP contribution in [0.25, 0.3) is 0 Å². The lowest BCUT2D eigenvalue weighted by atomic mass is 9.96. The molecule has 0 aromatic heterocycles. The Morgan fingerprint density at radius 2 is 0.412 bits per heavy atom. The van der Waals surface area contributed by atoms with Crippen LogP contribution < -0.4 is 33.2 Å². The summed E-state index contributed by atoms with van der Waals surface area (Å²) in [5, 5.41) is 11.2. The number of hydrogen-bond donors (Lipinski definition) is 1. The average molecular weight is 1300 g/mol. The number of aryl methyl sites for hydroxylation is 12. The van der Waals surface area contributed by atoms with Crippen LogP contribution in [0.15, 0.2) is 182 Å². The van der Waals surface area contributed by atoms with Crippen molar-refractivity contribution < 1.29 is 76.9 Å². The third-order valence-corrected chi connectivity index (χ3v) is 15.3. The molecule has 0 saturated heterocycles. The van der Waals surface area contributed by atoms with E-state index in [1.54, 1.807) is 91.0 Å². The molecule has 10 aromatic carbocycles. The van der Waals surface area contributed by atoms with Crippen LogP contribution in [0.1, 0.15) is 168 Å². The van der Waals surface area contributed by atoms with E-state index in [0.717, 1.165) is 66.8 Å². The molecule has 16 nitrogen and oxygen atoms in total. The summed E-state index contributed by atoms with van der Waals surface area (Å²) >= 11 is 0. The van der Waals surface area contributed by atoms with Crippen LogP contribution in [0.3, 0.4) is 0 Å². The standard InChI is InChI=1S/C81H70O16/c1-44-13-45(2)20-60(19-44)75(82)91-68-34-57(35-69(41-68)92-76(83)61-21-46(3)14-47(4)22-61)31-56-32-58(74(97-89)59-37-70(93-77(84)62-23-48(5)15-49(6)24-62)42-71(38-59)94-78(85)63-25-50(7)16-51(8)26-63)36-67(33-56)90-81(88)66-39-72(95-79(86)64-27-52(9)17-53(10)28-64)43-73(40-66)96-80(87)65-29-54(11)18-55(12)30-65/h13-30,32-43,74,89H,31H2,1-12H3. The third kappa shape index (κ3) is 18.0. The molecular formula is C81H70O16. The maximum atomic E-state index is 14.9. The van der Waals surface area contributed by atoms with Gasteiger partial charge in [-0.25, -0.2) is 38.4 Å². The molecule has 0 radical (unpaired) electrons. The predicted octanol–water partition coefficient (Wildman–Crippen LogP) is 17.1. The molecule has 1 N–H and O–H groups in total. The van der Waals surface area contributed by atoms with Crippen molar-refractivity contribution in [3.63, 3.8) is 0 Å². The lowest BCUT2D eigenvalue weighted by Crippen LogP contribution is -2.14. The van der Waals surface area contributed by atoms with Crippen molar-refractivity contribution in [2.24, 2.45) is 0 Å². The second kappa shape index (κ2) is 29.4. The Hall–Kier alpha value is -11.6. The van der Waals surface area contributed by atoms with Crippen molar-refractivity contribution in [2.75, 3.05) is 0 Å². The van der Waals surface area contributed by atoms with Crippen LogP contribution in [0.2, 0.25) is 0 Å². The lowest BCUT2D eigenvalue weighted by Gasteiger charge is -2.19. The minimum atomic E-state index is -1.56. The second-order valence-corrected chi connectivity index (χ2v) is 24.8. The van der Waals surface area contributed by atoms with Gasteiger partial charge in [-0.1, -0.05) is 109 Å². The molecule has 0 aliphatic rings. The normalized spacial score (nSPS) is 11.3. The summed E-state index contributed by atoms with van der Waals surface area (Å²) < 4.78 is 42.1.